The van der Waals surface area contributed by atoms with Gasteiger partial charge in [0.2, 0.25) is 0 Å². The van der Waals surface area contributed by atoms with Crippen LogP contribution in [-0.2, 0) is 0 Å². The lowest BCUT2D eigenvalue weighted by Crippen LogP contribution is -2.14. The second-order valence-corrected chi connectivity index (χ2v) is 3.66. The van der Waals surface area contributed by atoms with E-state index in [1.807, 2.05) is 0 Å². The minimum absolute atomic E-state index is 0.211. The van der Waals surface area contributed by atoms with Crippen molar-refractivity contribution in [2.45, 2.75) is 13.8 Å². The minimum atomic E-state index is -0.317. The molecule has 0 saturated carbocycles. The summed E-state index contributed by atoms with van der Waals surface area (Å²) in [6.07, 6.45) is 0. The van der Waals surface area contributed by atoms with E-state index in [4.69, 9.17) is 0 Å². The standard InChI is InChI=1S/C12H11FN2O/c1-7-8(2)12(16)15-14-11(7)9-4-3-5-10(13)6-9/h3-6H,1-2H3,(H,15,16). The summed E-state index contributed by atoms with van der Waals surface area (Å²) >= 11 is 0. The van der Waals surface area contributed by atoms with Crippen molar-refractivity contribution in [2.24, 2.45) is 0 Å². The SMILES string of the molecule is Cc1c(-c2cccc(F)c2)n[nH]c(=O)c1C. The molecule has 0 radical (unpaired) electrons. The van der Waals surface area contributed by atoms with Gasteiger partial charge < -0.3 is 0 Å². The van der Waals surface area contributed by atoms with Crippen LogP contribution in [-0.4, -0.2) is 10.2 Å². The molecule has 2 aromatic rings. The fourth-order valence-corrected chi connectivity index (χ4v) is 1.54. The van der Waals surface area contributed by atoms with Gasteiger partial charge in [-0.25, -0.2) is 9.49 Å². The summed E-state index contributed by atoms with van der Waals surface area (Å²) in [6, 6.07) is 6.15. The highest BCUT2D eigenvalue weighted by Crippen LogP contribution is 2.21. The molecule has 1 N–H and O–H groups in total. The van der Waals surface area contributed by atoms with E-state index in [1.165, 1.54) is 12.1 Å². The molecule has 0 bridgehead atoms. The Morgan fingerprint density at radius 1 is 1.25 bits per heavy atom. The molecule has 0 aliphatic rings. The van der Waals surface area contributed by atoms with Gasteiger partial charge in [-0.1, -0.05) is 12.1 Å². The van der Waals surface area contributed by atoms with Crippen LogP contribution in [0.25, 0.3) is 11.3 Å². The third kappa shape index (κ3) is 1.74. The molecule has 1 aromatic heterocycles. The lowest BCUT2D eigenvalue weighted by molar-refractivity contribution is 0.628. The molecule has 16 heavy (non-hydrogen) atoms. The van der Waals surface area contributed by atoms with Crippen LogP contribution < -0.4 is 5.56 Å². The van der Waals surface area contributed by atoms with Crippen molar-refractivity contribution >= 4 is 0 Å². The third-order valence-electron chi connectivity index (χ3n) is 2.63. The number of rotatable bonds is 1. The van der Waals surface area contributed by atoms with E-state index in [9.17, 15) is 9.18 Å². The summed E-state index contributed by atoms with van der Waals surface area (Å²) in [5.41, 5.74) is 2.44. The molecule has 0 atom stereocenters. The maximum absolute atomic E-state index is 13.1. The maximum atomic E-state index is 13.1. The fraction of sp³-hybridized carbons (Fsp3) is 0.167. The van der Waals surface area contributed by atoms with Gasteiger partial charge in [-0.3, -0.25) is 4.79 Å². The number of benzene rings is 1. The number of H-pyrrole nitrogens is 1. The van der Waals surface area contributed by atoms with Crippen LogP contribution in [0.3, 0.4) is 0 Å². The highest BCUT2D eigenvalue weighted by molar-refractivity contribution is 5.63. The lowest BCUT2D eigenvalue weighted by atomic mass is 10.0. The van der Waals surface area contributed by atoms with Gasteiger partial charge >= 0.3 is 0 Å². The van der Waals surface area contributed by atoms with E-state index in [2.05, 4.69) is 10.2 Å². The first kappa shape index (κ1) is 10.5. The molecule has 0 fully saturated rings. The van der Waals surface area contributed by atoms with E-state index in [0.29, 0.717) is 16.8 Å². The molecule has 82 valence electrons. The Bertz CT molecular complexity index is 590. The molecule has 0 aliphatic carbocycles. The van der Waals surface area contributed by atoms with Gasteiger partial charge in [0.25, 0.3) is 5.56 Å². The van der Waals surface area contributed by atoms with Crippen molar-refractivity contribution < 1.29 is 4.39 Å². The van der Waals surface area contributed by atoms with Crippen molar-refractivity contribution in [2.75, 3.05) is 0 Å². The second kappa shape index (κ2) is 3.89. The van der Waals surface area contributed by atoms with E-state index in [1.54, 1.807) is 26.0 Å². The largest absolute Gasteiger partial charge is 0.268 e. The highest BCUT2D eigenvalue weighted by Gasteiger charge is 2.08. The maximum Gasteiger partial charge on any atom is 0.267 e. The summed E-state index contributed by atoms with van der Waals surface area (Å²) in [5.74, 6) is -0.317. The van der Waals surface area contributed by atoms with Gasteiger partial charge in [-0.05, 0) is 31.5 Å². The Hall–Kier alpha value is -1.97. The molecule has 0 unspecified atom stereocenters. The quantitative estimate of drug-likeness (QED) is 0.797. The highest BCUT2D eigenvalue weighted by atomic mass is 19.1. The predicted octanol–water partition coefficient (Wildman–Crippen LogP) is 2.19. The third-order valence-corrected chi connectivity index (χ3v) is 2.63. The number of nitrogens with one attached hydrogen (secondary N) is 1. The Morgan fingerprint density at radius 2 is 2.00 bits per heavy atom. The summed E-state index contributed by atoms with van der Waals surface area (Å²) in [6.45, 7) is 3.52. The fourth-order valence-electron chi connectivity index (χ4n) is 1.54. The van der Waals surface area contributed by atoms with E-state index >= 15 is 0 Å². The van der Waals surface area contributed by atoms with Gasteiger partial charge in [0.1, 0.15) is 5.82 Å². The van der Waals surface area contributed by atoms with Gasteiger partial charge in [0, 0.05) is 11.1 Å². The molecular formula is C12H11FN2O. The van der Waals surface area contributed by atoms with E-state index in [-0.39, 0.29) is 11.4 Å². The van der Waals surface area contributed by atoms with Crippen LogP contribution >= 0.6 is 0 Å². The Labute approximate surface area is 92.0 Å². The smallest absolute Gasteiger partial charge is 0.267 e. The van der Waals surface area contributed by atoms with Crippen molar-refractivity contribution in [1.29, 1.82) is 0 Å². The zero-order valence-electron chi connectivity index (χ0n) is 9.04. The molecule has 1 heterocycles. The zero-order valence-corrected chi connectivity index (χ0v) is 9.04. The van der Waals surface area contributed by atoms with Crippen LogP contribution in [0.4, 0.5) is 4.39 Å². The first-order valence-electron chi connectivity index (χ1n) is 4.91. The van der Waals surface area contributed by atoms with Crippen LogP contribution in [0.1, 0.15) is 11.1 Å². The minimum Gasteiger partial charge on any atom is -0.268 e. The number of aromatic nitrogens is 2. The lowest BCUT2D eigenvalue weighted by Gasteiger charge is -2.06. The molecule has 1 aromatic carbocycles. The molecule has 0 aliphatic heterocycles. The predicted molar refractivity (Wildman–Crippen MR) is 59.7 cm³/mol. The topological polar surface area (TPSA) is 45.8 Å². The van der Waals surface area contributed by atoms with Crippen molar-refractivity contribution in [3.63, 3.8) is 0 Å². The Kier molecular flexibility index (Phi) is 2.56. The second-order valence-electron chi connectivity index (χ2n) is 3.66. The monoisotopic (exact) mass is 218 g/mol. The number of nitrogens with zero attached hydrogens (tertiary/aromatic N) is 1. The first-order valence-corrected chi connectivity index (χ1v) is 4.91. The summed E-state index contributed by atoms with van der Waals surface area (Å²) in [4.78, 5) is 11.3. The average molecular weight is 218 g/mol. The summed E-state index contributed by atoms with van der Waals surface area (Å²) in [5, 5.41) is 6.34. The Balaban J connectivity index is 2.66. The Morgan fingerprint density at radius 3 is 2.69 bits per heavy atom. The number of hydrogen-bond acceptors (Lipinski definition) is 2. The van der Waals surface area contributed by atoms with Crippen LogP contribution in [0.15, 0.2) is 29.1 Å². The van der Waals surface area contributed by atoms with Crippen LogP contribution in [0, 0.1) is 19.7 Å². The number of hydrogen-bond donors (Lipinski definition) is 1. The molecule has 2 rings (SSSR count). The summed E-state index contributed by atoms with van der Waals surface area (Å²) in [7, 11) is 0. The van der Waals surface area contributed by atoms with Crippen LogP contribution in [0.2, 0.25) is 0 Å². The number of aromatic amines is 1. The van der Waals surface area contributed by atoms with Gasteiger partial charge in [0.15, 0.2) is 0 Å². The van der Waals surface area contributed by atoms with Crippen molar-refractivity contribution in [3.05, 3.63) is 51.6 Å². The molecule has 0 amide bonds. The molecule has 0 spiro atoms. The van der Waals surface area contributed by atoms with Gasteiger partial charge in [-0.15, -0.1) is 0 Å². The van der Waals surface area contributed by atoms with Gasteiger partial charge in [0.05, 0.1) is 5.69 Å². The molecular weight excluding hydrogens is 207 g/mol. The van der Waals surface area contributed by atoms with Crippen LogP contribution in [0.5, 0.6) is 0 Å². The zero-order chi connectivity index (χ0) is 11.7. The average Bonchev–Trinajstić information content (AvgIpc) is 2.26. The molecule has 3 nitrogen and oxygen atoms in total. The normalized spacial score (nSPS) is 10.4. The number of halogens is 1. The van der Waals surface area contributed by atoms with E-state index in [0.717, 1.165) is 5.56 Å². The molecule has 4 heteroatoms. The van der Waals surface area contributed by atoms with Gasteiger partial charge in [-0.2, -0.15) is 5.10 Å². The molecule has 0 saturated heterocycles. The summed E-state index contributed by atoms with van der Waals surface area (Å²) < 4.78 is 13.1. The van der Waals surface area contributed by atoms with Crippen molar-refractivity contribution in [3.8, 4) is 11.3 Å². The van der Waals surface area contributed by atoms with E-state index < -0.39 is 0 Å². The van der Waals surface area contributed by atoms with Crippen molar-refractivity contribution in [1.82, 2.24) is 10.2 Å². The first-order chi connectivity index (χ1) is 7.59.